The minimum Gasteiger partial charge on any atom is -0.494 e. The molecule has 0 fully saturated rings. The Morgan fingerprint density at radius 1 is 1.11 bits per heavy atom. The van der Waals surface area contributed by atoms with Crippen LogP contribution in [0.15, 0.2) is 18.2 Å². The first-order chi connectivity index (χ1) is 13.2. The highest BCUT2D eigenvalue weighted by molar-refractivity contribution is 7.21. The molecule has 0 saturated heterocycles. The van der Waals surface area contributed by atoms with Crippen molar-refractivity contribution < 1.29 is 14.3 Å². The number of hydrogen-bond acceptors (Lipinski definition) is 6. The highest BCUT2D eigenvalue weighted by Crippen LogP contribution is 2.35. The highest BCUT2D eigenvalue weighted by atomic mass is 35.5. The number of pyridine rings is 1. The van der Waals surface area contributed by atoms with Gasteiger partial charge in [-0.15, -0.1) is 11.3 Å². The van der Waals surface area contributed by atoms with E-state index in [4.69, 9.17) is 33.7 Å². The summed E-state index contributed by atoms with van der Waals surface area (Å²) in [5, 5.41) is 1.09. The van der Waals surface area contributed by atoms with Gasteiger partial charge in [-0.2, -0.15) is 0 Å². The summed E-state index contributed by atoms with van der Waals surface area (Å²) >= 11 is 13.2. The van der Waals surface area contributed by atoms with Gasteiger partial charge >= 0.3 is 0 Å². The number of aromatic nitrogens is 1. The van der Waals surface area contributed by atoms with E-state index in [0.717, 1.165) is 28.0 Å². The number of hydrogen-bond donors (Lipinski definition) is 3. The Hall–Kier alpha value is -2.55. The fourth-order valence-corrected chi connectivity index (χ4v) is 4.52. The van der Waals surface area contributed by atoms with Crippen molar-refractivity contribution in [2.24, 2.45) is 0 Å². The number of thiophene rings is 1. The number of methoxy groups -OCH3 is 1. The summed E-state index contributed by atoms with van der Waals surface area (Å²) in [6, 6.07) is 4.67. The predicted octanol–water partition coefficient (Wildman–Crippen LogP) is 3.89. The number of carbonyl (C=O) groups excluding carboxylic acids is 2. The lowest BCUT2D eigenvalue weighted by Crippen LogP contribution is -2.41. The zero-order valence-electron chi connectivity index (χ0n) is 15.1. The molecule has 0 unspecified atom stereocenters. The van der Waals surface area contributed by atoms with Gasteiger partial charge in [0.2, 0.25) is 0 Å². The maximum absolute atomic E-state index is 12.5. The van der Waals surface area contributed by atoms with Crippen molar-refractivity contribution in [2.45, 2.75) is 13.8 Å². The van der Waals surface area contributed by atoms with Crippen LogP contribution < -0.4 is 21.3 Å². The number of aryl methyl sites for hydroxylation is 2. The summed E-state index contributed by atoms with van der Waals surface area (Å²) in [7, 11) is 1.42. The maximum Gasteiger partial charge on any atom is 0.281 e. The van der Waals surface area contributed by atoms with Crippen LogP contribution >= 0.6 is 34.5 Å². The molecule has 0 atom stereocenters. The second-order valence-corrected chi connectivity index (χ2v) is 7.80. The molecule has 0 aliphatic rings. The number of halogens is 2. The van der Waals surface area contributed by atoms with Crippen molar-refractivity contribution in [2.75, 3.05) is 12.8 Å². The van der Waals surface area contributed by atoms with E-state index in [0.29, 0.717) is 10.5 Å². The van der Waals surface area contributed by atoms with Crippen LogP contribution in [0.5, 0.6) is 5.75 Å². The van der Waals surface area contributed by atoms with E-state index in [1.165, 1.54) is 19.2 Å². The number of fused-ring (bicyclic) bond motifs is 1. The molecule has 0 bridgehead atoms. The molecule has 7 nitrogen and oxygen atoms in total. The predicted molar refractivity (Wildman–Crippen MR) is 111 cm³/mol. The largest absolute Gasteiger partial charge is 0.494 e. The van der Waals surface area contributed by atoms with Gasteiger partial charge in [-0.1, -0.05) is 23.2 Å². The van der Waals surface area contributed by atoms with Crippen LogP contribution in [-0.4, -0.2) is 23.9 Å². The Morgan fingerprint density at radius 3 is 2.32 bits per heavy atom. The van der Waals surface area contributed by atoms with Gasteiger partial charge in [0.1, 0.15) is 9.71 Å². The molecule has 0 aliphatic carbocycles. The lowest BCUT2D eigenvalue weighted by atomic mass is 10.1. The fourth-order valence-electron chi connectivity index (χ4n) is 2.77. The Morgan fingerprint density at radius 2 is 1.71 bits per heavy atom. The average molecular weight is 439 g/mol. The van der Waals surface area contributed by atoms with Crippen molar-refractivity contribution >= 4 is 62.3 Å². The second-order valence-electron chi connectivity index (χ2n) is 5.99. The summed E-state index contributed by atoms with van der Waals surface area (Å²) < 4.78 is 5.04. The number of nitrogens with two attached hydrogens (primary N) is 1. The smallest absolute Gasteiger partial charge is 0.281 e. The number of rotatable bonds is 3. The van der Waals surface area contributed by atoms with Gasteiger partial charge in [0.15, 0.2) is 5.75 Å². The molecular formula is C18H16Cl2N4O3S. The molecule has 4 N–H and O–H groups in total. The van der Waals surface area contributed by atoms with Gasteiger partial charge < -0.3 is 10.5 Å². The van der Waals surface area contributed by atoms with E-state index in [2.05, 4.69) is 15.8 Å². The van der Waals surface area contributed by atoms with Gasteiger partial charge in [-0.25, -0.2) is 4.98 Å². The first-order valence-electron chi connectivity index (χ1n) is 8.02. The number of hydrazine groups is 1. The van der Waals surface area contributed by atoms with E-state index in [-0.39, 0.29) is 26.2 Å². The minimum atomic E-state index is -0.593. The van der Waals surface area contributed by atoms with Gasteiger partial charge in [0.25, 0.3) is 11.8 Å². The molecule has 3 aromatic rings. The van der Waals surface area contributed by atoms with E-state index >= 15 is 0 Å². The lowest BCUT2D eigenvalue weighted by molar-refractivity contribution is 0.0849. The number of amides is 2. The zero-order valence-corrected chi connectivity index (χ0v) is 17.5. The number of nitrogens with zero attached hydrogens (tertiary/aromatic N) is 1. The molecule has 10 heteroatoms. The van der Waals surface area contributed by atoms with Crippen LogP contribution in [0.1, 0.15) is 31.3 Å². The number of ether oxygens (including phenoxy) is 1. The Kier molecular flexibility index (Phi) is 5.64. The standard InChI is InChI=1S/C18H16Cl2N4O3S/c1-7-4-8(2)22-18-12(7)13(21)15(28-18)17(26)24-23-16(25)9-5-10(19)14(27-3)11(20)6-9/h4-6H,21H2,1-3H3,(H,23,25)(H,24,26). The second kappa shape index (κ2) is 7.83. The molecule has 0 spiro atoms. The zero-order chi connectivity index (χ0) is 20.6. The average Bonchev–Trinajstić information content (AvgIpc) is 2.95. The van der Waals surface area contributed by atoms with E-state index in [9.17, 15) is 9.59 Å². The van der Waals surface area contributed by atoms with Crippen molar-refractivity contribution in [3.05, 3.63) is 49.9 Å². The monoisotopic (exact) mass is 438 g/mol. The highest BCUT2D eigenvalue weighted by Gasteiger charge is 2.20. The molecule has 3 rings (SSSR count). The van der Waals surface area contributed by atoms with Crippen LogP contribution in [0.4, 0.5) is 5.69 Å². The van der Waals surface area contributed by atoms with Crippen molar-refractivity contribution in [3.8, 4) is 5.75 Å². The molecule has 1 aromatic carbocycles. The number of nitrogen functional groups attached to an aromatic ring is 1. The van der Waals surface area contributed by atoms with Crippen LogP contribution in [-0.2, 0) is 0 Å². The molecule has 2 amide bonds. The number of nitrogens with one attached hydrogen (secondary N) is 2. The number of benzene rings is 1. The molecule has 0 radical (unpaired) electrons. The van der Waals surface area contributed by atoms with Crippen LogP contribution in [0.25, 0.3) is 10.2 Å². The van der Waals surface area contributed by atoms with Crippen molar-refractivity contribution in [1.29, 1.82) is 0 Å². The fraction of sp³-hybridized carbons (Fsp3) is 0.167. The molecule has 2 aromatic heterocycles. The Balaban J connectivity index is 1.79. The van der Waals surface area contributed by atoms with Gasteiger partial charge in [-0.3, -0.25) is 20.4 Å². The summed E-state index contributed by atoms with van der Waals surface area (Å²) in [5.41, 5.74) is 13.0. The summed E-state index contributed by atoms with van der Waals surface area (Å²) in [4.78, 5) is 30.2. The molecule has 0 aliphatic heterocycles. The first-order valence-corrected chi connectivity index (χ1v) is 9.60. The first kappa shape index (κ1) is 20.2. The molecule has 146 valence electrons. The SMILES string of the molecule is COc1c(Cl)cc(C(=O)NNC(=O)c2sc3nc(C)cc(C)c3c2N)cc1Cl. The topological polar surface area (TPSA) is 106 Å². The van der Waals surface area contributed by atoms with Gasteiger partial charge in [0, 0.05) is 16.6 Å². The third kappa shape index (κ3) is 3.71. The third-order valence-electron chi connectivity index (χ3n) is 3.98. The van der Waals surface area contributed by atoms with Crippen LogP contribution in [0, 0.1) is 13.8 Å². The number of anilines is 1. The van der Waals surface area contributed by atoms with Gasteiger partial charge in [-0.05, 0) is 37.6 Å². The Bertz CT molecular complexity index is 1090. The quantitative estimate of drug-likeness (QED) is 0.537. The van der Waals surface area contributed by atoms with Gasteiger partial charge in [0.05, 0.1) is 22.8 Å². The van der Waals surface area contributed by atoms with E-state index in [1.54, 1.807) is 0 Å². The normalized spacial score (nSPS) is 10.8. The van der Waals surface area contributed by atoms with Crippen molar-refractivity contribution in [3.63, 3.8) is 0 Å². The van der Waals surface area contributed by atoms with E-state index < -0.39 is 11.8 Å². The summed E-state index contributed by atoms with van der Waals surface area (Å²) in [5.74, 6) is -0.874. The van der Waals surface area contributed by atoms with E-state index in [1.807, 2.05) is 19.9 Å². The lowest BCUT2D eigenvalue weighted by Gasteiger charge is -2.10. The maximum atomic E-state index is 12.5. The third-order valence-corrected chi connectivity index (χ3v) is 5.64. The summed E-state index contributed by atoms with van der Waals surface area (Å²) in [6.45, 7) is 3.77. The minimum absolute atomic E-state index is 0.161. The van der Waals surface area contributed by atoms with Crippen LogP contribution in [0.2, 0.25) is 10.0 Å². The van der Waals surface area contributed by atoms with Crippen LogP contribution in [0.3, 0.4) is 0 Å². The summed E-state index contributed by atoms with van der Waals surface area (Å²) in [6.07, 6.45) is 0. The number of carbonyl (C=O) groups is 2. The molecule has 0 saturated carbocycles. The molecule has 2 heterocycles. The Labute approximate surface area is 174 Å². The molecule has 28 heavy (non-hydrogen) atoms. The van der Waals surface area contributed by atoms with Crippen molar-refractivity contribution in [1.82, 2.24) is 15.8 Å². The molecular weight excluding hydrogens is 423 g/mol.